The van der Waals surface area contributed by atoms with Crippen LogP contribution in [0.1, 0.15) is 42.5 Å². The van der Waals surface area contributed by atoms with Crippen LogP contribution in [-0.2, 0) is 4.79 Å². The van der Waals surface area contributed by atoms with Crippen molar-refractivity contribution in [2.75, 3.05) is 24.2 Å². The number of hydrogen-bond donors (Lipinski definition) is 2. The van der Waals surface area contributed by atoms with E-state index < -0.39 is 0 Å². The maximum Gasteiger partial charge on any atom is 0.251 e. The summed E-state index contributed by atoms with van der Waals surface area (Å²) in [5.74, 6) is 0.774. The van der Waals surface area contributed by atoms with Gasteiger partial charge in [0.05, 0.1) is 5.69 Å². The van der Waals surface area contributed by atoms with Crippen LogP contribution < -0.4 is 10.6 Å². The predicted octanol–water partition coefficient (Wildman–Crippen LogP) is 2.48. The Kier molecular flexibility index (Phi) is 4.50. The van der Waals surface area contributed by atoms with E-state index in [1.165, 1.54) is 25.8 Å². The Balaban J connectivity index is 1.48. The number of nitrogens with zero attached hydrogens (tertiary/aromatic N) is 1. The summed E-state index contributed by atoms with van der Waals surface area (Å²) in [5.41, 5.74) is 1.40. The van der Waals surface area contributed by atoms with Gasteiger partial charge in [-0.05, 0) is 44.0 Å². The highest BCUT2D eigenvalue weighted by Gasteiger charge is 2.36. The molecule has 1 aromatic rings. The number of hydrogen-bond acceptors (Lipinski definition) is 4. The summed E-state index contributed by atoms with van der Waals surface area (Å²) in [4.78, 5) is 28.0. The molecule has 0 aromatic heterocycles. The van der Waals surface area contributed by atoms with Crippen molar-refractivity contribution >= 4 is 29.3 Å². The molecule has 3 aliphatic rings. The molecule has 2 N–H and O–H groups in total. The van der Waals surface area contributed by atoms with Gasteiger partial charge in [0.2, 0.25) is 5.91 Å². The molecule has 1 aromatic carbocycles. The summed E-state index contributed by atoms with van der Waals surface area (Å²) in [6.45, 7) is 2.26. The SMILES string of the molecule is O=C1CCSc2ccc(C(=O)N[C@@H]3CCN4CCCC[C@@H]34)cc2N1. The third-order valence-corrected chi connectivity index (χ3v) is 6.35. The summed E-state index contributed by atoms with van der Waals surface area (Å²) in [7, 11) is 0. The zero-order valence-electron chi connectivity index (χ0n) is 13.7. The van der Waals surface area contributed by atoms with Crippen molar-refractivity contribution in [1.29, 1.82) is 0 Å². The Morgan fingerprint density at radius 2 is 2.17 bits per heavy atom. The molecule has 6 heteroatoms. The van der Waals surface area contributed by atoms with E-state index in [0.717, 1.165) is 29.3 Å². The lowest BCUT2D eigenvalue weighted by Gasteiger charge is -2.32. The highest BCUT2D eigenvalue weighted by atomic mass is 32.2. The lowest BCUT2D eigenvalue weighted by Crippen LogP contribution is -2.46. The van der Waals surface area contributed by atoms with Crippen LogP contribution in [-0.4, -0.2) is 47.6 Å². The van der Waals surface area contributed by atoms with E-state index in [1.54, 1.807) is 11.8 Å². The second-order valence-corrected chi connectivity index (χ2v) is 7.96. The maximum absolute atomic E-state index is 12.7. The van der Waals surface area contributed by atoms with Gasteiger partial charge >= 0.3 is 0 Å². The van der Waals surface area contributed by atoms with Gasteiger partial charge in [0, 0.05) is 41.3 Å². The molecule has 0 radical (unpaired) electrons. The fourth-order valence-electron chi connectivity index (χ4n) is 4.03. The second-order valence-electron chi connectivity index (χ2n) is 6.83. The number of anilines is 1. The molecule has 3 heterocycles. The van der Waals surface area contributed by atoms with Gasteiger partial charge in [-0.2, -0.15) is 0 Å². The quantitative estimate of drug-likeness (QED) is 0.864. The molecule has 24 heavy (non-hydrogen) atoms. The molecular formula is C18H23N3O2S. The minimum Gasteiger partial charge on any atom is -0.348 e. The summed E-state index contributed by atoms with van der Waals surface area (Å²) in [5, 5.41) is 6.14. The van der Waals surface area contributed by atoms with Gasteiger partial charge in [-0.3, -0.25) is 14.5 Å². The molecule has 0 unspecified atom stereocenters. The number of benzene rings is 1. The van der Waals surface area contributed by atoms with E-state index in [4.69, 9.17) is 0 Å². The molecule has 2 saturated heterocycles. The molecule has 2 atom stereocenters. The van der Waals surface area contributed by atoms with Gasteiger partial charge in [0.25, 0.3) is 5.91 Å². The standard InChI is InChI=1S/C18H23N3O2S/c22-17-7-10-24-16-5-4-12(11-14(16)19-17)18(23)20-13-6-9-21-8-2-1-3-15(13)21/h4-5,11,13,15H,1-3,6-10H2,(H,19,22)(H,20,23)/t13-,15+/m1/s1. The van der Waals surface area contributed by atoms with Gasteiger partial charge in [0.1, 0.15) is 0 Å². The first-order valence-corrected chi connectivity index (χ1v) is 9.81. The fourth-order valence-corrected chi connectivity index (χ4v) is 4.97. The van der Waals surface area contributed by atoms with Crippen molar-refractivity contribution in [2.45, 2.75) is 49.1 Å². The number of rotatable bonds is 2. The van der Waals surface area contributed by atoms with Gasteiger partial charge in [-0.1, -0.05) is 6.42 Å². The number of fused-ring (bicyclic) bond motifs is 2. The third kappa shape index (κ3) is 3.17. The van der Waals surface area contributed by atoms with E-state index in [0.29, 0.717) is 18.0 Å². The van der Waals surface area contributed by atoms with Gasteiger partial charge in [-0.25, -0.2) is 0 Å². The molecule has 0 aliphatic carbocycles. The lowest BCUT2D eigenvalue weighted by atomic mass is 9.99. The second kappa shape index (κ2) is 6.76. The molecule has 2 fully saturated rings. The van der Waals surface area contributed by atoms with Crippen LogP contribution in [0.15, 0.2) is 23.1 Å². The van der Waals surface area contributed by atoms with Gasteiger partial charge in [-0.15, -0.1) is 11.8 Å². The van der Waals surface area contributed by atoms with Crippen molar-refractivity contribution in [1.82, 2.24) is 10.2 Å². The normalized spacial score (nSPS) is 26.9. The zero-order valence-corrected chi connectivity index (χ0v) is 14.5. The zero-order chi connectivity index (χ0) is 16.5. The van der Waals surface area contributed by atoms with E-state index in [9.17, 15) is 9.59 Å². The van der Waals surface area contributed by atoms with E-state index in [1.807, 2.05) is 18.2 Å². The maximum atomic E-state index is 12.7. The van der Waals surface area contributed by atoms with E-state index >= 15 is 0 Å². The van der Waals surface area contributed by atoms with Crippen molar-refractivity contribution in [3.63, 3.8) is 0 Å². The number of amides is 2. The van der Waals surface area contributed by atoms with Crippen molar-refractivity contribution in [2.24, 2.45) is 0 Å². The Hall–Kier alpha value is -1.53. The van der Waals surface area contributed by atoms with E-state index in [-0.39, 0.29) is 17.9 Å². The average Bonchev–Trinajstić information content (AvgIpc) is 2.89. The smallest absolute Gasteiger partial charge is 0.251 e. The minimum atomic E-state index is -0.0290. The number of carbonyl (C=O) groups is 2. The topological polar surface area (TPSA) is 61.4 Å². The molecule has 5 nitrogen and oxygen atoms in total. The fraction of sp³-hybridized carbons (Fsp3) is 0.556. The average molecular weight is 345 g/mol. The lowest BCUT2D eigenvalue weighted by molar-refractivity contribution is -0.115. The van der Waals surface area contributed by atoms with Crippen LogP contribution in [0, 0.1) is 0 Å². The largest absolute Gasteiger partial charge is 0.348 e. The van der Waals surface area contributed by atoms with Crippen LogP contribution in [0.25, 0.3) is 0 Å². The Morgan fingerprint density at radius 3 is 3.08 bits per heavy atom. The molecule has 3 aliphatic heterocycles. The summed E-state index contributed by atoms with van der Waals surface area (Å²) in [6, 6.07) is 6.38. The number of piperidine rings is 1. The van der Waals surface area contributed by atoms with Gasteiger partial charge in [0.15, 0.2) is 0 Å². The van der Waals surface area contributed by atoms with Crippen LogP contribution in [0.2, 0.25) is 0 Å². The van der Waals surface area contributed by atoms with Crippen LogP contribution in [0.5, 0.6) is 0 Å². The highest BCUT2D eigenvalue weighted by Crippen LogP contribution is 2.32. The molecule has 2 amide bonds. The van der Waals surface area contributed by atoms with E-state index in [2.05, 4.69) is 15.5 Å². The first-order valence-electron chi connectivity index (χ1n) is 8.82. The summed E-state index contributed by atoms with van der Waals surface area (Å²) >= 11 is 1.66. The minimum absolute atomic E-state index is 0.0208. The first kappa shape index (κ1) is 16.0. The summed E-state index contributed by atoms with van der Waals surface area (Å²) in [6.07, 6.45) is 5.27. The Bertz CT molecular complexity index is 664. The predicted molar refractivity (Wildman–Crippen MR) is 95.5 cm³/mol. The van der Waals surface area contributed by atoms with Crippen LogP contribution in [0.3, 0.4) is 0 Å². The first-order chi connectivity index (χ1) is 11.7. The number of thioether (sulfide) groups is 1. The van der Waals surface area contributed by atoms with Crippen LogP contribution >= 0.6 is 11.8 Å². The monoisotopic (exact) mass is 345 g/mol. The molecular weight excluding hydrogens is 322 g/mol. The summed E-state index contributed by atoms with van der Waals surface area (Å²) < 4.78 is 0. The van der Waals surface area contributed by atoms with Crippen molar-refractivity contribution in [3.8, 4) is 0 Å². The van der Waals surface area contributed by atoms with Crippen LogP contribution in [0.4, 0.5) is 5.69 Å². The molecule has 128 valence electrons. The molecule has 4 rings (SSSR count). The Morgan fingerprint density at radius 1 is 1.25 bits per heavy atom. The molecule has 0 spiro atoms. The Labute approximate surface area is 146 Å². The molecule has 0 saturated carbocycles. The van der Waals surface area contributed by atoms with Crippen molar-refractivity contribution < 1.29 is 9.59 Å². The number of carbonyl (C=O) groups excluding carboxylic acids is 2. The van der Waals surface area contributed by atoms with Gasteiger partial charge < -0.3 is 10.6 Å². The number of nitrogens with one attached hydrogen (secondary N) is 2. The molecule has 0 bridgehead atoms. The highest BCUT2D eigenvalue weighted by molar-refractivity contribution is 7.99. The third-order valence-electron chi connectivity index (χ3n) is 5.28. The van der Waals surface area contributed by atoms with Crippen molar-refractivity contribution in [3.05, 3.63) is 23.8 Å².